The Morgan fingerprint density at radius 1 is 1.20 bits per heavy atom. The van der Waals surface area contributed by atoms with Crippen molar-refractivity contribution in [3.8, 4) is 22.9 Å². The van der Waals surface area contributed by atoms with Crippen molar-refractivity contribution in [2.45, 2.75) is 18.8 Å². The maximum atomic E-state index is 13.1. The molecule has 1 aliphatic heterocycles. The van der Waals surface area contributed by atoms with Gasteiger partial charge in [-0.05, 0) is 37.1 Å². The second-order valence-electron chi connectivity index (χ2n) is 7.12. The van der Waals surface area contributed by atoms with Crippen LogP contribution in [-0.4, -0.2) is 48.3 Å². The highest BCUT2D eigenvalue weighted by Crippen LogP contribution is 2.31. The molecule has 2 heterocycles. The number of hydrogen-bond donors (Lipinski definition) is 0. The van der Waals surface area contributed by atoms with Crippen LogP contribution >= 0.6 is 11.6 Å². The van der Waals surface area contributed by atoms with Gasteiger partial charge in [-0.3, -0.25) is 4.79 Å². The maximum absolute atomic E-state index is 13.1. The van der Waals surface area contributed by atoms with Crippen molar-refractivity contribution >= 4 is 17.5 Å². The molecule has 156 valence electrons. The van der Waals surface area contributed by atoms with Gasteiger partial charge in [0.2, 0.25) is 11.7 Å². The van der Waals surface area contributed by atoms with Crippen LogP contribution < -0.4 is 9.47 Å². The fourth-order valence-electron chi connectivity index (χ4n) is 3.65. The Hall–Kier alpha value is -3.06. The van der Waals surface area contributed by atoms with Gasteiger partial charge in [-0.25, -0.2) is 0 Å². The summed E-state index contributed by atoms with van der Waals surface area (Å²) in [4.78, 5) is 19.5. The molecule has 0 aliphatic carbocycles. The van der Waals surface area contributed by atoms with Crippen LogP contribution in [0.2, 0.25) is 5.02 Å². The largest absolute Gasteiger partial charge is 0.497 e. The summed E-state index contributed by atoms with van der Waals surface area (Å²) in [6.07, 6.45) is 1.73. The Balaban J connectivity index is 1.52. The summed E-state index contributed by atoms with van der Waals surface area (Å²) in [7, 11) is 3.12. The molecule has 2 aromatic carbocycles. The van der Waals surface area contributed by atoms with Crippen LogP contribution in [0.15, 0.2) is 47.0 Å². The molecule has 1 unspecified atom stereocenters. The molecular formula is C22H22ClN3O4. The fourth-order valence-corrected chi connectivity index (χ4v) is 3.84. The summed E-state index contributed by atoms with van der Waals surface area (Å²) in [6, 6.07) is 12.5. The zero-order valence-electron chi connectivity index (χ0n) is 16.8. The lowest BCUT2D eigenvalue weighted by Gasteiger charge is -2.31. The molecule has 3 aromatic rings. The minimum absolute atomic E-state index is 0.0209. The highest BCUT2D eigenvalue weighted by Gasteiger charge is 2.30. The number of halogens is 1. The van der Waals surface area contributed by atoms with E-state index in [0.29, 0.717) is 46.9 Å². The van der Waals surface area contributed by atoms with E-state index in [9.17, 15) is 4.79 Å². The van der Waals surface area contributed by atoms with E-state index in [-0.39, 0.29) is 11.8 Å². The van der Waals surface area contributed by atoms with Crippen LogP contribution in [0.4, 0.5) is 0 Å². The fraction of sp³-hybridized carbons (Fsp3) is 0.318. The van der Waals surface area contributed by atoms with Gasteiger partial charge >= 0.3 is 0 Å². The molecular weight excluding hydrogens is 406 g/mol. The highest BCUT2D eigenvalue weighted by molar-refractivity contribution is 6.30. The zero-order chi connectivity index (χ0) is 21.1. The van der Waals surface area contributed by atoms with Crippen molar-refractivity contribution < 1.29 is 18.8 Å². The number of carbonyl (C=O) groups excluding carboxylic acids is 1. The van der Waals surface area contributed by atoms with Gasteiger partial charge in [0.15, 0.2) is 0 Å². The monoisotopic (exact) mass is 427 g/mol. The van der Waals surface area contributed by atoms with Crippen molar-refractivity contribution in [2.24, 2.45) is 0 Å². The molecule has 4 rings (SSSR count). The number of hydrogen-bond acceptors (Lipinski definition) is 6. The third-order valence-electron chi connectivity index (χ3n) is 5.22. The topological polar surface area (TPSA) is 77.7 Å². The normalized spacial score (nSPS) is 16.4. The van der Waals surface area contributed by atoms with Crippen molar-refractivity contribution in [2.75, 3.05) is 27.3 Å². The SMILES string of the molecule is COc1ccc(C(=O)N2CCCC(c3nc(-c4cccc(Cl)c4)no3)C2)c(OC)c1. The van der Waals surface area contributed by atoms with Gasteiger partial charge in [-0.1, -0.05) is 28.9 Å². The third-order valence-corrected chi connectivity index (χ3v) is 5.46. The second-order valence-corrected chi connectivity index (χ2v) is 7.56. The Labute approximate surface area is 179 Å². The number of benzene rings is 2. The Morgan fingerprint density at radius 3 is 2.83 bits per heavy atom. The Morgan fingerprint density at radius 2 is 2.07 bits per heavy atom. The molecule has 1 atom stereocenters. The Kier molecular flexibility index (Phi) is 5.90. The van der Waals surface area contributed by atoms with E-state index in [0.717, 1.165) is 18.4 Å². The smallest absolute Gasteiger partial charge is 0.257 e. The number of amides is 1. The molecule has 0 N–H and O–H groups in total. The van der Waals surface area contributed by atoms with Gasteiger partial charge in [0, 0.05) is 29.7 Å². The predicted molar refractivity (Wildman–Crippen MR) is 112 cm³/mol. The van der Waals surface area contributed by atoms with E-state index in [2.05, 4.69) is 10.1 Å². The van der Waals surface area contributed by atoms with Gasteiger partial charge < -0.3 is 18.9 Å². The van der Waals surface area contributed by atoms with E-state index in [1.54, 1.807) is 44.6 Å². The van der Waals surface area contributed by atoms with Crippen LogP contribution in [0.1, 0.15) is 35.0 Å². The average molecular weight is 428 g/mol. The molecule has 7 nitrogen and oxygen atoms in total. The third kappa shape index (κ3) is 4.11. The lowest BCUT2D eigenvalue weighted by Crippen LogP contribution is -2.39. The van der Waals surface area contributed by atoms with Gasteiger partial charge in [-0.15, -0.1) is 0 Å². The number of piperidine rings is 1. The van der Waals surface area contributed by atoms with Gasteiger partial charge in [0.05, 0.1) is 25.7 Å². The van der Waals surface area contributed by atoms with Crippen LogP contribution in [0.25, 0.3) is 11.4 Å². The predicted octanol–water partition coefficient (Wildman–Crippen LogP) is 4.43. The first-order valence-corrected chi connectivity index (χ1v) is 10.1. The number of methoxy groups -OCH3 is 2. The van der Waals surface area contributed by atoms with E-state index in [4.69, 9.17) is 25.6 Å². The minimum atomic E-state index is -0.0891. The molecule has 0 spiro atoms. The summed E-state index contributed by atoms with van der Waals surface area (Å²) in [5.74, 6) is 2.04. The van der Waals surface area contributed by atoms with Crippen LogP contribution in [0.5, 0.6) is 11.5 Å². The minimum Gasteiger partial charge on any atom is -0.497 e. The second kappa shape index (κ2) is 8.75. The van der Waals surface area contributed by atoms with Crippen LogP contribution in [0.3, 0.4) is 0 Å². The van der Waals surface area contributed by atoms with Gasteiger partial charge in [0.25, 0.3) is 5.91 Å². The van der Waals surface area contributed by atoms with Crippen LogP contribution in [-0.2, 0) is 0 Å². The molecule has 0 saturated carbocycles. The van der Waals surface area contributed by atoms with Gasteiger partial charge in [-0.2, -0.15) is 4.98 Å². The first-order chi connectivity index (χ1) is 14.6. The Bertz CT molecular complexity index is 1050. The molecule has 8 heteroatoms. The number of likely N-dealkylation sites (tertiary alicyclic amines) is 1. The zero-order valence-corrected chi connectivity index (χ0v) is 17.6. The number of carbonyl (C=O) groups is 1. The first kappa shape index (κ1) is 20.2. The lowest BCUT2D eigenvalue weighted by atomic mass is 9.97. The van der Waals surface area contributed by atoms with E-state index < -0.39 is 0 Å². The number of rotatable bonds is 5. The van der Waals surface area contributed by atoms with Crippen molar-refractivity contribution in [1.82, 2.24) is 15.0 Å². The van der Waals surface area contributed by atoms with Crippen molar-refractivity contribution in [3.05, 3.63) is 58.9 Å². The quantitative estimate of drug-likeness (QED) is 0.599. The molecule has 1 fully saturated rings. The number of aromatic nitrogens is 2. The molecule has 1 amide bonds. The number of ether oxygens (including phenoxy) is 2. The first-order valence-electron chi connectivity index (χ1n) is 9.70. The molecule has 0 radical (unpaired) electrons. The van der Waals surface area contributed by atoms with E-state index in [1.807, 2.05) is 17.0 Å². The molecule has 1 saturated heterocycles. The summed E-state index contributed by atoms with van der Waals surface area (Å²) in [5, 5.41) is 4.71. The molecule has 0 bridgehead atoms. The van der Waals surface area contributed by atoms with E-state index in [1.165, 1.54) is 0 Å². The molecule has 1 aliphatic rings. The maximum Gasteiger partial charge on any atom is 0.257 e. The van der Waals surface area contributed by atoms with Crippen molar-refractivity contribution in [3.63, 3.8) is 0 Å². The lowest BCUT2D eigenvalue weighted by molar-refractivity contribution is 0.0692. The van der Waals surface area contributed by atoms with Crippen LogP contribution in [0, 0.1) is 0 Å². The molecule has 30 heavy (non-hydrogen) atoms. The standard InChI is InChI=1S/C22H22ClN3O4/c1-28-17-8-9-18(19(12-17)29-2)22(27)26-10-4-6-15(13-26)21-24-20(25-30-21)14-5-3-7-16(23)11-14/h3,5,7-9,11-12,15H,4,6,10,13H2,1-2H3. The summed E-state index contributed by atoms with van der Waals surface area (Å²) in [6.45, 7) is 1.17. The highest BCUT2D eigenvalue weighted by atomic mass is 35.5. The van der Waals surface area contributed by atoms with Gasteiger partial charge in [0.1, 0.15) is 11.5 Å². The summed E-state index contributed by atoms with van der Waals surface area (Å²) in [5.41, 5.74) is 1.30. The number of nitrogens with zero attached hydrogens (tertiary/aromatic N) is 3. The van der Waals surface area contributed by atoms with E-state index >= 15 is 0 Å². The van der Waals surface area contributed by atoms with Crippen molar-refractivity contribution in [1.29, 1.82) is 0 Å². The average Bonchev–Trinajstić information content (AvgIpc) is 3.29. The summed E-state index contributed by atoms with van der Waals surface area (Å²) >= 11 is 6.06. The molecule has 1 aromatic heterocycles. The summed E-state index contributed by atoms with van der Waals surface area (Å²) < 4.78 is 16.1.